The smallest absolute Gasteiger partial charge is 0.115 e. The van der Waals surface area contributed by atoms with E-state index in [1.165, 1.54) is 5.56 Å². The Morgan fingerprint density at radius 2 is 2.29 bits per heavy atom. The molecule has 1 aliphatic carbocycles. The van der Waals surface area contributed by atoms with Gasteiger partial charge in [0.05, 0.1) is 6.10 Å². The second-order valence-corrected chi connectivity index (χ2v) is 4.55. The van der Waals surface area contributed by atoms with Gasteiger partial charge in [0.15, 0.2) is 0 Å². The van der Waals surface area contributed by atoms with Crippen LogP contribution in [0.25, 0.3) is 0 Å². The Morgan fingerprint density at radius 3 is 3.00 bits per heavy atom. The van der Waals surface area contributed by atoms with Crippen molar-refractivity contribution in [2.24, 2.45) is 0 Å². The van der Waals surface area contributed by atoms with Crippen molar-refractivity contribution < 1.29 is 9.84 Å². The van der Waals surface area contributed by atoms with Crippen molar-refractivity contribution in [2.45, 2.75) is 38.3 Å². The van der Waals surface area contributed by atoms with Gasteiger partial charge >= 0.3 is 0 Å². The van der Waals surface area contributed by atoms with Gasteiger partial charge in [-0.15, -0.1) is 0 Å². The lowest BCUT2D eigenvalue weighted by atomic mass is 9.98. The van der Waals surface area contributed by atoms with Crippen LogP contribution in [0.3, 0.4) is 0 Å². The minimum absolute atomic E-state index is 0.0506. The maximum atomic E-state index is 9.65. The van der Waals surface area contributed by atoms with Gasteiger partial charge in [-0.2, -0.15) is 0 Å². The zero-order chi connectivity index (χ0) is 12.3. The second kappa shape index (κ2) is 5.52. The Labute approximate surface area is 103 Å². The average Bonchev–Trinajstić information content (AvgIpc) is 2.50. The third-order valence-electron chi connectivity index (χ3n) is 3.48. The molecular weight excluding hydrogens is 214 g/mol. The van der Waals surface area contributed by atoms with E-state index in [-0.39, 0.29) is 6.10 Å². The van der Waals surface area contributed by atoms with Gasteiger partial charge in [-0.25, -0.2) is 0 Å². The average molecular weight is 235 g/mol. The highest BCUT2D eigenvalue weighted by Gasteiger charge is 2.27. The van der Waals surface area contributed by atoms with Crippen LogP contribution in [0.4, 0.5) is 0 Å². The molecule has 0 aliphatic heterocycles. The van der Waals surface area contributed by atoms with E-state index in [2.05, 4.69) is 5.32 Å². The maximum absolute atomic E-state index is 9.65. The molecule has 2 rings (SSSR count). The summed E-state index contributed by atoms with van der Waals surface area (Å²) in [4.78, 5) is 0. The first-order chi connectivity index (χ1) is 8.26. The molecule has 0 bridgehead atoms. The molecule has 1 aromatic rings. The van der Waals surface area contributed by atoms with E-state index in [0.29, 0.717) is 18.4 Å². The molecule has 0 saturated carbocycles. The molecule has 17 heavy (non-hydrogen) atoms. The molecule has 0 saturated heterocycles. The summed E-state index contributed by atoms with van der Waals surface area (Å²) in [5, 5.41) is 13.0. The summed E-state index contributed by atoms with van der Waals surface area (Å²) < 4.78 is 5.87. The van der Waals surface area contributed by atoms with Crippen LogP contribution in [-0.4, -0.2) is 24.8 Å². The number of aromatic hydroxyl groups is 1. The summed E-state index contributed by atoms with van der Waals surface area (Å²) in [5.41, 5.74) is 2.45. The van der Waals surface area contributed by atoms with Crippen LogP contribution < -0.4 is 5.32 Å². The monoisotopic (exact) mass is 235 g/mol. The van der Waals surface area contributed by atoms with E-state index in [1.54, 1.807) is 6.07 Å². The number of phenols is 1. The van der Waals surface area contributed by atoms with Crippen molar-refractivity contribution >= 4 is 0 Å². The molecule has 0 fully saturated rings. The maximum Gasteiger partial charge on any atom is 0.115 e. The molecule has 3 heteroatoms. The zero-order valence-electron chi connectivity index (χ0n) is 10.6. The fourth-order valence-corrected chi connectivity index (χ4v) is 2.64. The number of fused-ring (bicyclic) bond motifs is 1. The van der Waals surface area contributed by atoms with Gasteiger partial charge in [-0.1, -0.05) is 6.07 Å². The van der Waals surface area contributed by atoms with Crippen LogP contribution >= 0.6 is 0 Å². The van der Waals surface area contributed by atoms with Gasteiger partial charge in [-0.3, -0.25) is 0 Å². The number of rotatable bonds is 3. The van der Waals surface area contributed by atoms with Crippen molar-refractivity contribution in [1.29, 1.82) is 0 Å². The number of likely N-dealkylation sites (N-methyl/N-ethyl adjacent to an activating group) is 1. The summed E-state index contributed by atoms with van der Waals surface area (Å²) in [7, 11) is 1.98. The minimum atomic E-state index is 0.0506. The minimum Gasteiger partial charge on any atom is -0.508 e. The first-order valence-corrected chi connectivity index (χ1v) is 6.37. The van der Waals surface area contributed by atoms with E-state index in [9.17, 15) is 5.11 Å². The first kappa shape index (κ1) is 12.4. The van der Waals surface area contributed by atoms with Gasteiger partial charge in [0.25, 0.3) is 0 Å². The van der Waals surface area contributed by atoms with Crippen LogP contribution in [-0.2, 0) is 11.2 Å². The summed E-state index contributed by atoms with van der Waals surface area (Å²) in [6, 6.07) is 5.97. The molecule has 94 valence electrons. The Morgan fingerprint density at radius 1 is 1.47 bits per heavy atom. The normalized spacial score (nSPS) is 24.1. The quantitative estimate of drug-likeness (QED) is 0.790. The number of aryl methyl sites for hydroxylation is 1. The summed E-state index contributed by atoms with van der Waals surface area (Å²) in [5.74, 6) is 0.324. The van der Waals surface area contributed by atoms with Gasteiger partial charge in [0.1, 0.15) is 5.75 Å². The molecule has 0 aromatic heterocycles. The van der Waals surface area contributed by atoms with E-state index in [0.717, 1.165) is 24.8 Å². The van der Waals surface area contributed by atoms with E-state index in [4.69, 9.17) is 4.74 Å². The molecule has 0 spiro atoms. The fourth-order valence-electron chi connectivity index (χ4n) is 2.64. The standard InChI is InChI=1S/C14H21NO2/c1-3-17-14-12-9-11(16)8-7-10(12)5-4-6-13(14)15-2/h7-9,13-16H,3-6H2,1-2H3. The second-order valence-electron chi connectivity index (χ2n) is 4.55. The molecule has 1 aromatic carbocycles. The highest BCUT2D eigenvalue weighted by Crippen LogP contribution is 2.33. The van der Waals surface area contributed by atoms with Crippen molar-refractivity contribution in [1.82, 2.24) is 5.32 Å². The largest absolute Gasteiger partial charge is 0.508 e. The number of benzene rings is 1. The fraction of sp³-hybridized carbons (Fsp3) is 0.571. The van der Waals surface area contributed by atoms with Crippen LogP contribution in [0.2, 0.25) is 0 Å². The van der Waals surface area contributed by atoms with E-state index < -0.39 is 0 Å². The number of hydrogen-bond acceptors (Lipinski definition) is 3. The number of phenolic OH excluding ortho intramolecular Hbond substituents is 1. The predicted octanol–water partition coefficient (Wildman–Crippen LogP) is 2.39. The number of nitrogens with one attached hydrogen (secondary N) is 1. The van der Waals surface area contributed by atoms with Crippen LogP contribution in [0.15, 0.2) is 18.2 Å². The third-order valence-corrected chi connectivity index (χ3v) is 3.48. The molecule has 0 heterocycles. The van der Waals surface area contributed by atoms with E-state index >= 15 is 0 Å². The highest BCUT2D eigenvalue weighted by atomic mass is 16.5. The molecule has 2 unspecified atom stereocenters. The molecule has 3 nitrogen and oxygen atoms in total. The lowest BCUT2D eigenvalue weighted by Gasteiger charge is -2.26. The lowest BCUT2D eigenvalue weighted by molar-refractivity contribution is 0.0341. The zero-order valence-corrected chi connectivity index (χ0v) is 10.6. The summed E-state index contributed by atoms with van der Waals surface area (Å²) in [6.45, 7) is 2.71. The molecule has 0 amide bonds. The third kappa shape index (κ3) is 2.61. The SMILES string of the molecule is CCOC1c2cc(O)ccc2CCCC1NC. The molecule has 0 radical (unpaired) electrons. The Balaban J connectivity index is 2.39. The molecular formula is C14H21NO2. The van der Waals surface area contributed by atoms with Crippen molar-refractivity contribution in [2.75, 3.05) is 13.7 Å². The Bertz CT molecular complexity index is 378. The Hall–Kier alpha value is -1.06. The van der Waals surface area contributed by atoms with Crippen LogP contribution in [0.1, 0.15) is 37.0 Å². The molecule has 2 atom stereocenters. The van der Waals surface area contributed by atoms with Crippen LogP contribution in [0, 0.1) is 0 Å². The Kier molecular flexibility index (Phi) is 4.02. The number of hydrogen-bond donors (Lipinski definition) is 2. The van der Waals surface area contributed by atoms with E-state index in [1.807, 2.05) is 26.1 Å². The molecule has 2 N–H and O–H groups in total. The van der Waals surface area contributed by atoms with Gasteiger partial charge in [-0.05, 0) is 56.5 Å². The highest BCUT2D eigenvalue weighted by molar-refractivity contribution is 5.38. The topological polar surface area (TPSA) is 41.5 Å². The van der Waals surface area contributed by atoms with Gasteiger partial charge in [0, 0.05) is 12.6 Å². The summed E-state index contributed by atoms with van der Waals surface area (Å²) >= 11 is 0. The van der Waals surface area contributed by atoms with Crippen molar-refractivity contribution in [3.05, 3.63) is 29.3 Å². The van der Waals surface area contributed by atoms with Crippen molar-refractivity contribution in [3.8, 4) is 5.75 Å². The van der Waals surface area contributed by atoms with Crippen molar-refractivity contribution in [3.63, 3.8) is 0 Å². The number of ether oxygens (including phenoxy) is 1. The van der Waals surface area contributed by atoms with Gasteiger partial charge < -0.3 is 15.2 Å². The molecule has 1 aliphatic rings. The predicted molar refractivity (Wildman–Crippen MR) is 68.3 cm³/mol. The first-order valence-electron chi connectivity index (χ1n) is 6.37. The summed E-state index contributed by atoms with van der Waals surface area (Å²) in [6.07, 6.45) is 3.38. The van der Waals surface area contributed by atoms with Crippen LogP contribution in [0.5, 0.6) is 5.75 Å². The lowest BCUT2D eigenvalue weighted by Crippen LogP contribution is -2.33. The van der Waals surface area contributed by atoms with Gasteiger partial charge in [0.2, 0.25) is 0 Å².